The Labute approximate surface area is 105 Å². The van der Waals surface area contributed by atoms with E-state index in [9.17, 15) is 4.39 Å². The molecule has 0 heterocycles. The Hall–Kier alpha value is -2.60. The van der Waals surface area contributed by atoms with Gasteiger partial charge in [0, 0.05) is 6.08 Å². The first kappa shape index (κ1) is 11.9. The van der Waals surface area contributed by atoms with Crippen LogP contribution in [-0.2, 0) is 0 Å². The molecule has 0 unspecified atom stereocenters. The summed E-state index contributed by atoms with van der Waals surface area (Å²) in [5.41, 5.74) is 0.712. The molecule has 3 heteroatoms. The third-order valence-corrected chi connectivity index (χ3v) is 2.28. The molecule has 0 aliphatic heterocycles. The van der Waals surface area contributed by atoms with Crippen molar-refractivity contribution in [3.05, 3.63) is 66.0 Å². The van der Waals surface area contributed by atoms with Crippen molar-refractivity contribution in [3.8, 4) is 17.6 Å². The molecule has 0 fully saturated rings. The van der Waals surface area contributed by atoms with Crippen molar-refractivity contribution < 1.29 is 9.13 Å². The number of ether oxygens (including phenoxy) is 1. The molecule has 2 aromatic rings. The summed E-state index contributed by atoms with van der Waals surface area (Å²) in [5.74, 6) is 0.270. The fourth-order valence-corrected chi connectivity index (χ4v) is 1.45. The van der Waals surface area contributed by atoms with Crippen LogP contribution in [0.3, 0.4) is 0 Å². The van der Waals surface area contributed by atoms with Gasteiger partial charge in [0.15, 0.2) is 11.6 Å². The van der Waals surface area contributed by atoms with Gasteiger partial charge in [-0.3, -0.25) is 0 Å². The molecule has 18 heavy (non-hydrogen) atoms. The predicted molar refractivity (Wildman–Crippen MR) is 67.6 cm³/mol. The van der Waals surface area contributed by atoms with E-state index in [0.717, 1.165) is 0 Å². The van der Waals surface area contributed by atoms with Gasteiger partial charge in [-0.15, -0.1) is 0 Å². The average molecular weight is 239 g/mol. The molecule has 0 atom stereocenters. The molecule has 2 rings (SSSR count). The van der Waals surface area contributed by atoms with Gasteiger partial charge < -0.3 is 4.74 Å². The number of nitriles is 1. The first-order chi connectivity index (χ1) is 8.79. The molecular formula is C15H10FNO. The Morgan fingerprint density at radius 1 is 1.11 bits per heavy atom. The zero-order chi connectivity index (χ0) is 12.8. The number of benzene rings is 2. The number of halogens is 1. The molecule has 0 aromatic heterocycles. The van der Waals surface area contributed by atoms with Crippen LogP contribution in [-0.4, -0.2) is 0 Å². The topological polar surface area (TPSA) is 33.0 Å². The second-order valence-corrected chi connectivity index (χ2v) is 3.57. The summed E-state index contributed by atoms with van der Waals surface area (Å²) < 4.78 is 19.0. The van der Waals surface area contributed by atoms with Crippen LogP contribution in [0, 0.1) is 17.1 Å². The summed E-state index contributed by atoms with van der Waals surface area (Å²) in [5, 5.41) is 8.44. The summed E-state index contributed by atoms with van der Waals surface area (Å²) in [6, 6.07) is 15.3. The maximum absolute atomic E-state index is 13.6. The molecule has 0 radical (unpaired) electrons. The van der Waals surface area contributed by atoms with Crippen molar-refractivity contribution in [2.75, 3.05) is 0 Å². The van der Waals surface area contributed by atoms with Gasteiger partial charge in [-0.1, -0.05) is 24.3 Å². The van der Waals surface area contributed by atoms with Crippen molar-refractivity contribution in [2.24, 2.45) is 0 Å². The Bertz CT molecular complexity index is 600. The number of rotatable bonds is 3. The standard InChI is InChI=1S/C15H10FNO/c16-14-9-8-12(5-4-10-17)11-15(14)18-13-6-2-1-3-7-13/h1-9,11H/b5-4+. The van der Waals surface area contributed by atoms with Crippen LogP contribution in [0.25, 0.3) is 6.08 Å². The summed E-state index contributed by atoms with van der Waals surface area (Å²) in [7, 11) is 0. The van der Waals surface area contributed by atoms with E-state index in [-0.39, 0.29) is 5.75 Å². The number of hydrogen-bond acceptors (Lipinski definition) is 2. The molecule has 0 bridgehead atoms. The third kappa shape index (κ3) is 2.96. The molecule has 88 valence electrons. The summed E-state index contributed by atoms with van der Waals surface area (Å²) >= 11 is 0. The molecule has 0 N–H and O–H groups in total. The SMILES string of the molecule is N#C/C=C/c1ccc(F)c(Oc2ccccc2)c1. The first-order valence-electron chi connectivity index (χ1n) is 5.38. The third-order valence-electron chi connectivity index (χ3n) is 2.28. The summed E-state index contributed by atoms with van der Waals surface area (Å²) in [6.45, 7) is 0. The maximum atomic E-state index is 13.6. The van der Waals surface area contributed by atoms with E-state index in [4.69, 9.17) is 10.00 Å². The minimum absolute atomic E-state index is 0.140. The van der Waals surface area contributed by atoms with Gasteiger partial charge in [-0.05, 0) is 35.9 Å². The lowest BCUT2D eigenvalue weighted by molar-refractivity contribution is 0.442. The minimum Gasteiger partial charge on any atom is -0.454 e. The van der Waals surface area contributed by atoms with Crippen LogP contribution in [0.5, 0.6) is 11.5 Å². The Kier molecular flexibility index (Phi) is 3.72. The van der Waals surface area contributed by atoms with Crippen molar-refractivity contribution in [3.63, 3.8) is 0 Å². The zero-order valence-corrected chi connectivity index (χ0v) is 9.51. The van der Waals surface area contributed by atoms with Crippen LogP contribution >= 0.6 is 0 Å². The quantitative estimate of drug-likeness (QED) is 0.753. The van der Waals surface area contributed by atoms with Gasteiger partial charge >= 0.3 is 0 Å². The molecular weight excluding hydrogens is 229 g/mol. The molecule has 0 aliphatic carbocycles. The van der Waals surface area contributed by atoms with Gasteiger partial charge in [0.25, 0.3) is 0 Å². The largest absolute Gasteiger partial charge is 0.454 e. The smallest absolute Gasteiger partial charge is 0.165 e. The zero-order valence-electron chi connectivity index (χ0n) is 9.51. The van der Waals surface area contributed by atoms with Gasteiger partial charge in [0.1, 0.15) is 5.75 Å². The van der Waals surface area contributed by atoms with Gasteiger partial charge in [-0.2, -0.15) is 5.26 Å². The van der Waals surface area contributed by atoms with E-state index in [1.54, 1.807) is 30.3 Å². The van der Waals surface area contributed by atoms with E-state index in [2.05, 4.69) is 0 Å². The number of para-hydroxylation sites is 1. The van der Waals surface area contributed by atoms with Crippen LogP contribution in [0.1, 0.15) is 5.56 Å². The lowest BCUT2D eigenvalue weighted by Crippen LogP contribution is -1.88. The van der Waals surface area contributed by atoms with Gasteiger partial charge in [0.05, 0.1) is 6.07 Å². The monoisotopic (exact) mass is 239 g/mol. The predicted octanol–water partition coefficient (Wildman–Crippen LogP) is 4.15. The molecule has 0 spiro atoms. The van der Waals surface area contributed by atoms with Crippen molar-refractivity contribution >= 4 is 6.08 Å². The second-order valence-electron chi connectivity index (χ2n) is 3.57. The fourth-order valence-electron chi connectivity index (χ4n) is 1.45. The highest BCUT2D eigenvalue weighted by Gasteiger charge is 2.04. The average Bonchev–Trinajstić information content (AvgIpc) is 2.41. The number of hydrogen-bond donors (Lipinski definition) is 0. The Balaban J connectivity index is 2.27. The molecule has 0 amide bonds. The first-order valence-corrected chi connectivity index (χ1v) is 5.38. The minimum atomic E-state index is -0.437. The highest BCUT2D eigenvalue weighted by Crippen LogP contribution is 2.25. The van der Waals surface area contributed by atoms with Gasteiger partial charge in [0.2, 0.25) is 0 Å². The highest BCUT2D eigenvalue weighted by molar-refractivity contribution is 5.54. The van der Waals surface area contributed by atoms with E-state index < -0.39 is 5.82 Å². The Morgan fingerprint density at radius 3 is 2.61 bits per heavy atom. The molecule has 0 aliphatic rings. The van der Waals surface area contributed by atoms with Crippen molar-refractivity contribution in [1.82, 2.24) is 0 Å². The number of nitrogens with zero attached hydrogens (tertiary/aromatic N) is 1. The Morgan fingerprint density at radius 2 is 1.89 bits per heavy atom. The molecule has 2 nitrogen and oxygen atoms in total. The van der Waals surface area contributed by atoms with E-state index in [1.807, 2.05) is 24.3 Å². The van der Waals surface area contributed by atoms with E-state index >= 15 is 0 Å². The van der Waals surface area contributed by atoms with Crippen LogP contribution in [0.2, 0.25) is 0 Å². The van der Waals surface area contributed by atoms with Crippen LogP contribution in [0.15, 0.2) is 54.6 Å². The van der Waals surface area contributed by atoms with E-state index in [0.29, 0.717) is 11.3 Å². The van der Waals surface area contributed by atoms with Crippen molar-refractivity contribution in [2.45, 2.75) is 0 Å². The lowest BCUT2D eigenvalue weighted by atomic mass is 10.2. The lowest BCUT2D eigenvalue weighted by Gasteiger charge is -2.07. The number of allylic oxidation sites excluding steroid dienone is 1. The second kappa shape index (κ2) is 5.65. The highest BCUT2D eigenvalue weighted by atomic mass is 19.1. The summed E-state index contributed by atoms with van der Waals surface area (Å²) in [4.78, 5) is 0. The molecule has 0 saturated heterocycles. The van der Waals surface area contributed by atoms with Crippen molar-refractivity contribution in [1.29, 1.82) is 5.26 Å². The molecule has 2 aromatic carbocycles. The summed E-state index contributed by atoms with van der Waals surface area (Å²) in [6.07, 6.45) is 2.93. The van der Waals surface area contributed by atoms with Crippen LogP contribution < -0.4 is 4.74 Å². The fraction of sp³-hybridized carbons (Fsp3) is 0. The normalized spacial score (nSPS) is 10.2. The van der Waals surface area contributed by atoms with Gasteiger partial charge in [-0.25, -0.2) is 4.39 Å². The van der Waals surface area contributed by atoms with Crippen LogP contribution in [0.4, 0.5) is 4.39 Å². The van der Waals surface area contributed by atoms with E-state index in [1.165, 1.54) is 12.1 Å². The molecule has 0 saturated carbocycles. The maximum Gasteiger partial charge on any atom is 0.165 e.